The van der Waals surface area contributed by atoms with Gasteiger partial charge in [-0.15, -0.1) is 0 Å². The van der Waals surface area contributed by atoms with Crippen LogP contribution in [0.5, 0.6) is 0 Å². The van der Waals surface area contributed by atoms with E-state index in [0.717, 1.165) is 47.4 Å². The molecular formula is C22H27N3O2S. The first-order valence-electron chi connectivity index (χ1n) is 9.83. The zero-order chi connectivity index (χ0) is 19.9. The van der Waals surface area contributed by atoms with Gasteiger partial charge < -0.3 is 9.88 Å². The maximum absolute atomic E-state index is 12.7. The lowest BCUT2D eigenvalue weighted by molar-refractivity contribution is 0.521. The molecule has 1 N–H and O–H groups in total. The third-order valence-electron chi connectivity index (χ3n) is 5.58. The van der Waals surface area contributed by atoms with Crippen LogP contribution in [0, 0.1) is 0 Å². The van der Waals surface area contributed by atoms with Gasteiger partial charge in [0.2, 0.25) is 10.0 Å². The molecule has 0 amide bonds. The number of rotatable bonds is 5. The summed E-state index contributed by atoms with van der Waals surface area (Å²) in [5, 5.41) is 1.16. The van der Waals surface area contributed by atoms with Crippen molar-refractivity contribution >= 4 is 26.6 Å². The molecule has 0 radical (unpaired) electrons. The minimum atomic E-state index is -3.49. The second-order valence-electron chi connectivity index (χ2n) is 7.62. The molecule has 2 heterocycles. The van der Waals surface area contributed by atoms with Crippen molar-refractivity contribution in [3.63, 3.8) is 0 Å². The third-order valence-corrected chi connectivity index (χ3v) is 7.39. The molecule has 1 aliphatic rings. The highest BCUT2D eigenvalue weighted by Crippen LogP contribution is 2.36. The van der Waals surface area contributed by atoms with E-state index in [0.29, 0.717) is 4.90 Å². The fraction of sp³-hybridized carbons (Fsp3) is 0.364. The van der Waals surface area contributed by atoms with Crippen molar-refractivity contribution in [2.75, 3.05) is 32.1 Å². The maximum atomic E-state index is 12.7. The van der Waals surface area contributed by atoms with E-state index in [9.17, 15) is 8.42 Å². The van der Waals surface area contributed by atoms with Crippen LogP contribution in [0.1, 0.15) is 25.3 Å². The first kappa shape index (κ1) is 19.0. The lowest BCUT2D eigenvalue weighted by atomic mass is 10.1. The number of aromatic nitrogens is 1. The van der Waals surface area contributed by atoms with Crippen LogP contribution < -0.4 is 4.90 Å². The molecule has 0 saturated carbocycles. The van der Waals surface area contributed by atoms with Gasteiger partial charge in [0, 0.05) is 55.0 Å². The van der Waals surface area contributed by atoms with Gasteiger partial charge in [-0.1, -0.05) is 13.0 Å². The Hall–Kier alpha value is -2.31. The molecule has 1 aliphatic heterocycles. The lowest BCUT2D eigenvalue weighted by Crippen LogP contribution is -2.23. The zero-order valence-electron chi connectivity index (χ0n) is 16.7. The Morgan fingerprint density at radius 3 is 2.46 bits per heavy atom. The number of hydrogen-bond acceptors (Lipinski definition) is 3. The summed E-state index contributed by atoms with van der Waals surface area (Å²) in [5.41, 5.74) is 5.36. The smallest absolute Gasteiger partial charge is 0.242 e. The summed E-state index contributed by atoms with van der Waals surface area (Å²) in [5.74, 6) is 0. The fourth-order valence-corrected chi connectivity index (χ4v) is 4.81. The van der Waals surface area contributed by atoms with E-state index in [-0.39, 0.29) is 0 Å². The van der Waals surface area contributed by atoms with Gasteiger partial charge in [-0.2, -0.15) is 0 Å². The normalized spacial score (nSPS) is 15.1. The molecule has 0 aliphatic carbocycles. The van der Waals surface area contributed by atoms with Gasteiger partial charge in [-0.25, -0.2) is 12.7 Å². The SMILES string of the molecule is CCc1ccc2[nH]c(-c3cc(S(=O)(=O)N(C)C)ccc3N3CCCC3)cc2c1. The monoisotopic (exact) mass is 397 g/mol. The number of sulfonamides is 1. The number of hydrogen-bond donors (Lipinski definition) is 1. The summed E-state index contributed by atoms with van der Waals surface area (Å²) in [6.45, 7) is 4.16. The van der Waals surface area contributed by atoms with Crippen LogP contribution in [-0.2, 0) is 16.4 Å². The molecule has 2 aromatic carbocycles. The molecule has 6 heteroatoms. The Bertz CT molecular complexity index is 1110. The highest BCUT2D eigenvalue weighted by atomic mass is 32.2. The number of aromatic amines is 1. The van der Waals surface area contributed by atoms with E-state index in [1.165, 1.54) is 22.7 Å². The number of benzene rings is 2. The predicted octanol–water partition coefficient (Wildman–Crippen LogP) is 4.25. The third kappa shape index (κ3) is 3.31. The number of anilines is 1. The van der Waals surface area contributed by atoms with Gasteiger partial charge in [-0.05, 0) is 61.2 Å². The van der Waals surface area contributed by atoms with E-state index in [1.54, 1.807) is 20.2 Å². The van der Waals surface area contributed by atoms with Gasteiger partial charge in [0.1, 0.15) is 0 Å². The molecular weight excluding hydrogens is 370 g/mol. The highest BCUT2D eigenvalue weighted by Gasteiger charge is 2.23. The minimum Gasteiger partial charge on any atom is -0.371 e. The van der Waals surface area contributed by atoms with Crippen LogP contribution in [0.15, 0.2) is 47.4 Å². The highest BCUT2D eigenvalue weighted by molar-refractivity contribution is 7.89. The van der Waals surface area contributed by atoms with E-state index in [4.69, 9.17) is 0 Å². The zero-order valence-corrected chi connectivity index (χ0v) is 17.5. The summed E-state index contributed by atoms with van der Waals surface area (Å²) >= 11 is 0. The molecule has 1 aromatic heterocycles. The summed E-state index contributed by atoms with van der Waals surface area (Å²) in [7, 11) is -0.351. The molecule has 3 aromatic rings. The Morgan fingerprint density at radius 1 is 1.04 bits per heavy atom. The molecule has 28 heavy (non-hydrogen) atoms. The summed E-state index contributed by atoms with van der Waals surface area (Å²) in [6.07, 6.45) is 3.33. The number of H-pyrrole nitrogens is 1. The Balaban J connectivity index is 1.89. The second-order valence-corrected chi connectivity index (χ2v) is 9.77. The van der Waals surface area contributed by atoms with Crippen molar-refractivity contribution in [3.05, 3.63) is 48.0 Å². The van der Waals surface area contributed by atoms with E-state index >= 15 is 0 Å². The number of nitrogens with one attached hydrogen (secondary N) is 1. The summed E-state index contributed by atoms with van der Waals surface area (Å²) < 4.78 is 26.7. The van der Waals surface area contributed by atoms with E-state index in [2.05, 4.69) is 41.1 Å². The molecule has 1 fully saturated rings. The van der Waals surface area contributed by atoms with Gasteiger partial charge in [0.05, 0.1) is 4.90 Å². The molecule has 0 atom stereocenters. The topological polar surface area (TPSA) is 56.4 Å². The molecule has 0 unspecified atom stereocenters. The van der Waals surface area contributed by atoms with Crippen LogP contribution in [-0.4, -0.2) is 44.9 Å². The van der Waals surface area contributed by atoms with E-state index in [1.807, 2.05) is 12.1 Å². The number of fused-ring (bicyclic) bond motifs is 1. The minimum absolute atomic E-state index is 0.323. The fourth-order valence-electron chi connectivity index (χ4n) is 3.88. The number of nitrogens with zero attached hydrogens (tertiary/aromatic N) is 2. The van der Waals surface area contributed by atoms with Gasteiger partial charge in [0.25, 0.3) is 0 Å². The van der Waals surface area contributed by atoms with Crippen molar-refractivity contribution in [1.29, 1.82) is 0 Å². The average molecular weight is 398 g/mol. The molecule has 0 spiro atoms. The van der Waals surface area contributed by atoms with Crippen molar-refractivity contribution < 1.29 is 8.42 Å². The largest absolute Gasteiger partial charge is 0.371 e. The first-order valence-corrected chi connectivity index (χ1v) is 11.3. The first-order chi connectivity index (χ1) is 13.4. The summed E-state index contributed by atoms with van der Waals surface area (Å²) in [6, 6.07) is 14.1. The molecule has 5 nitrogen and oxygen atoms in total. The predicted molar refractivity (Wildman–Crippen MR) is 115 cm³/mol. The lowest BCUT2D eigenvalue weighted by Gasteiger charge is -2.22. The van der Waals surface area contributed by atoms with Gasteiger partial charge >= 0.3 is 0 Å². The van der Waals surface area contributed by atoms with Crippen molar-refractivity contribution in [2.45, 2.75) is 31.1 Å². The molecule has 148 valence electrons. The van der Waals surface area contributed by atoms with E-state index < -0.39 is 10.0 Å². The summed E-state index contributed by atoms with van der Waals surface area (Å²) in [4.78, 5) is 6.17. The van der Waals surface area contributed by atoms with Crippen molar-refractivity contribution in [2.24, 2.45) is 0 Å². The van der Waals surface area contributed by atoms with Crippen LogP contribution in [0.4, 0.5) is 5.69 Å². The molecule has 1 saturated heterocycles. The van der Waals surface area contributed by atoms with Crippen LogP contribution in [0.25, 0.3) is 22.2 Å². The van der Waals surface area contributed by atoms with Crippen LogP contribution in [0.2, 0.25) is 0 Å². The Morgan fingerprint density at radius 2 is 1.79 bits per heavy atom. The molecule has 0 bridgehead atoms. The van der Waals surface area contributed by atoms with Crippen LogP contribution >= 0.6 is 0 Å². The maximum Gasteiger partial charge on any atom is 0.242 e. The van der Waals surface area contributed by atoms with Crippen LogP contribution in [0.3, 0.4) is 0 Å². The van der Waals surface area contributed by atoms with Gasteiger partial charge in [0.15, 0.2) is 0 Å². The Kier molecular flexibility index (Phi) is 4.93. The van der Waals surface area contributed by atoms with Crippen molar-refractivity contribution in [1.82, 2.24) is 9.29 Å². The second kappa shape index (κ2) is 7.26. The standard InChI is InChI=1S/C22H27N3O2S/c1-4-16-7-9-20-17(13-16)14-21(23-20)19-15-18(28(26,27)24(2)3)8-10-22(19)25-11-5-6-12-25/h7-10,13-15,23H,4-6,11-12H2,1-3H3. The average Bonchev–Trinajstić information content (AvgIpc) is 3.36. The van der Waals surface area contributed by atoms with Crippen molar-refractivity contribution in [3.8, 4) is 11.3 Å². The molecule has 4 rings (SSSR count). The Labute approximate surface area is 167 Å². The van der Waals surface area contributed by atoms with Gasteiger partial charge in [-0.3, -0.25) is 0 Å². The quantitative estimate of drug-likeness (QED) is 0.700. The number of aryl methyl sites for hydroxylation is 1.